The number of methoxy groups -OCH3 is 1. The van der Waals surface area contributed by atoms with Crippen molar-refractivity contribution >= 4 is 22.2 Å². The molecule has 0 saturated heterocycles. The number of H-pyrrole nitrogens is 1. The van der Waals surface area contributed by atoms with Crippen LogP contribution >= 0.6 is 11.3 Å². The number of aromatic nitrogens is 1. The van der Waals surface area contributed by atoms with Gasteiger partial charge >= 0.3 is 0 Å². The molecule has 0 amide bonds. The lowest BCUT2D eigenvalue weighted by atomic mass is 10.2. The Bertz CT molecular complexity index is 610. The monoisotopic (exact) mass is 229 g/mol. The van der Waals surface area contributed by atoms with Crippen molar-refractivity contribution in [3.8, 4) is 16.3 Å². The van der Waals surface area contributed by atoms with Crippen molar-refractivity contribution in [2.24, 2.45) is 0 Å². The zero-order chi connectivity index (χ0) is 11.0. The molecule has 0 fully saturated rings. The van der Waals surface area contributed by atoms with E-state index in [9.17, 15) is 0 Å². The van der Waals surface area contributed by atoms with Crippen molar-refractivity contribution < 1.29 is 4.74 Å². The third kappa shape index (κ3) is 1.49. The third-order valence-corrected chi connectivity index (χ3v) is 3.52. The molecular formula is C13H11NOS. The second kappa shape index (κ2) is 3.68. The summed E-state index contributed by atoms with van der Waals surface area (Å²) >= 11 is 1.74. The van der Waals surface area contributed by atoms with Crippen LogP contribution in [-0.2, 0) is 0 Å². The predicted octanol–water partition coefficient (Wildman–Crippen LogP) is 3.91. The Kier molecular flexibility index (Phi) is 2.18. The average molecular weight is 229 g/mol. The first-order valence-corrected chi connectivity index (χ1v) is 5.95. The lowest BCUT2D eigenvalue weighted by Crippen LogP contribution is -1.80. The first-order valence-electron chi connectivity index (χ1n) is 5.07. The van der Waals surface area contributed by atoms with Crippen LogP contribution in [0.1, 0.15) is 0 Å². The normalized spacial score (nSPS) is 10.8. The molecule has 0 saturated carbocycles. The van der Waals surface area contributed by atoms with E-state index < -0.39 is 0 Å². The minimum absolute atomic E-state index is 0.893. The number of fused-ring (bicyclic) bond motifs is 1. The van der Waals surface area contributed by atoms with E-state index in [4.69, 9.17) is 4.74 Å². The van der Waals surface area contributed by atoms with Gasteiger partial charge in [-0.1, -0.05) is 6.07 Å². The second-order valence-electron chi connectivity index (χ2n) is 3.61. The lowest BCUT2D eigenvalue weighted by Gasteiger charge is -1.97. The Hall–Kier alpha value is -1.74. The van der Waals surface area contributed by atoms with Crippen molar-refractivity contribution in [3.05, 3.63) is 41.8 Å². The number of rotatable bonds is 2. The molecule has 0 aliphatic rings. The molecule has 80 valence electrons. The molecule has 0 spiro atoms. The van der Waals surface area contributed by atoms with Crippen LogP contribution in [0.15, 0.2) is 41.8 Å². The molecule has 0 atom stereocenters. The van der Waals surface area contributed by atoms with Gasteiger partial charge in [-0.05, 0) is 35.7 Å². The molecule has 0 unspecified atom stereocenters. The Balaban J connectivity index is 2.16. The summed E-state index contributed by atoms with van der Waals surface area (Å²) in [5.74, 6) is 0.893. The number of benzene rings is 1. The molecular weight excluding hydrogens is 218 g/mol. The summed E-state index contributed by atoms with van der Waals surface area (Å²) in [5, 5.41) is 3.27. The van der Waals surface area contributed by atoms with E-state index in [1.165, 1.54) is 16.0 Å². The average Bonchev–Trinajstić information content (AvgIpc) is 2.96. The molecule has 0 radical (unpaired) electrons. The first-order chi connectivity index (χ1) is 7.86. The summed E-state index contributed by atoms with van der Waals surface area (Å²) in [4.78, 5) is 4.66. The highest BCUT2D eigenvalue weighted by Gasteiger charge is 2.04. The van der Waals surface area contributed by atoms with E-state index in [2.05, 4.69) is 28.6 Å². The number of hydrogen-bond acceptors (Lipinski definition) is 2. The molecule has 16 heavy (non-hydrogen) atoms. The number of hydrogen-bond donors (Lipinski definition) is 1. The molecule has 2 heterocycles. The van der Waals surface area contributed by atoms with E-state index in [-0.39, 0.29) is 0 Å². The first kappa shape index (κ1) is 9.48. The van der Waals surface area contributed by atoms with Crippen LogP contribution in [0.2, 0.25) is 0 Å². The highest BCUT2D eigenvalue weighted by molar-refractivity contribution is 7.13. The minimum Gasteiger partial charge on any atom is -0.497 e. The Morgan fingerprint density at radius 2 is 2.12 bits per heavy atom. The molecule has 3 aromatic rings. The van der Waals surface area contributed by atoms with E-state index in [1.807, 2.05) is 18.2 Å². The van der Waals surface area contributed by atoms with Crippen molar-refractivity contribution in [3.63, 3.8) is 0 Å². The summed E-state index contributed by atoms with van der Waals surface area (Å²) in [6.07, 6.45) is 0. The van der Waals surface area contributed by atoms with E-state index in [0.717, 1.165) is 11.3 Å². The van der Waals surface area contributed by atoms with Crippen LogP contribution < -0.4 is 4.74 Å². The van der Waals surface area contributed by atoms with Gasteiger partial charge in [-0.15, -0.1) is 11.3 Å². The fourth-order valence-corrected chi connectivity index (χ4v) is 2.50. The maximum Gasteiger partial charge on any atom is 0.119 e. The van der Waals surface area contributed by atoms with Crippen LogP contribution in [0.4, 0.5) is 0 Å². The van der Waals surface area contributed by atoms with Crippen LogP contribution in [-0.4, -0.2) is 12.1 Å². The highest BCUT2D eigenvalue weighted by atomic mass is 32.1. The fraction of sp³-hybridized carbons (Fsp3) is 0.0769. The zero-order valence-corrected chi connectivity index (χ0v) is 9.67. The largest absolute Gasteiger partial charge is 0.497 e. The van der Waals surface area contributed by atoms with Crippen LogP contribution in [0.25, 0.3) is 21.5 Å². The Labute approximate surface area is 97.5 Å². The van der Waals surface area contributed by atoms with Crippen molar-refractivity contribution in [1.82, 2.24) is 4.98 Å². The van der Waals surface area contributed by atoms with E-state index >= 15 is 0 Å². The van der Waals surface area contributed by atoms with Gasteiger partial charge in [-0.3, -0.25) is 0 Å². The topological polar surface area (TPSA) is 25.0 Å². The maximum atomic E-state index is 5.21. The summed E-state index contributed by atoms with van der Waals surface area (Å²) in [5.41, 5.74) is 2.31. The third-order valence-electron chi connectivity index (χ3n) is 2.61. The summed E-state index contributed by atoms with van der Waals surface area (Å²) < 4.78 is 5.21. The molecule has 3 heteroatoms. The van der Waals surface area contributed by atoms with Gasteiger partial charge in [0.25, 0.3) is 0 Å². The lowest BCUT2D eigenvalue weighted by molar-refractivity contribution is 0.415. The van der Waals surface area contributed by atoms with E-state index in [0.29, 0.717) is 0 Å². The Morgan fingerprint density at radius 3 is 2.88 bits per heavy atom. The molecule has 2 aromatic heterocycles. The number of aromatic amines is 1. The second-order valence-corrected chi connectivity index (χ2v) is 4.56. The number of nitrogens with one attached hydrogen (secondary N) is 1. The molecule has 1 N–H and O–H groups in total. The summed E-state index contributed by atoms with van der Waals surface area (Å²) in [6, 6.07) is 12.4. The number of ether oxygens (including phenoxy) is 1. The van der Waals surface area contributed by atoms with Crippen molar-refractivity contribution in [2.45, 2.75) is 0 Å². The highest BCUT2D eigenvalue weighted by Crippen LogP contribution is 2.29. The quantitative estimate of drug-likeness (QED) is 0.708. The molecule has 2 nitrogen and oxygen atoms in total. The zero-order valence-electron chi connectivity index (χ0n) is 8.86. The Morgan fingerprint density at radius 1 is 1.19 bits per heavy atom. The molecule has 0 bridgehead atoms. The van der Waals surface area contributed by atoms with Crippen LogP contribution in [0, 0.1) is 0 Å². The fourth-order valence-electron chi connectivity index (χ4n) is 1.80. The maximum absolute atomic E-state index is 5.21. The van der Waals surface area contributed by atoms with Gasteiger partial charge in [0.15, 0.2) is 0 Å². The van der Waals surface area contributed by atoms with Gasteiger partial charge in [0.2, 0.25) is 0 Å². The molecule has 0 aliphatic carbocycles. The van der Waals surface area contributed by atoms with Gasteiger partial charge < -0.3 is 9.72 Å². The predicted molar refractivity (Wildman–Crippen MR) is 68.2 cm³/mol. The van der Waals surface area contributed by atoms with Gasteiger partial charge in [0.05, 0.1) is 17.7 Å². The van der Waals surface area contributed by atoms with E-state index in [1.54, 1.807) is 18.4 Å². The van der Waals surface area contributed by atoms with Crippen LogP contribution in [0.3, 0.4) is 0 Å². The van der Waals surface area contributed by atoms with Gasteiger partial charge in [-0.2, -0.15) is 0 Å². The van der Waals surface area contributed by atoms with Gasteiger partial charge in [-0.25, -0.2) is 0 Å². The molecule has 3 rings (SSSR count). The molecule has 0 aliphatic heterocycles. The minimum atomic E-state index is 0.893. The smallest absolute Gasteiger partial charge is 0.119 e. The van der Waals surface area contributed by atoms with Crippen molar-refractivity contribution in [1.29, 1.82) is 0 Å². The van der Waals surface area contributed by atoms with Gasteiger partial charge in [0.1, 0.15) is 5.75 Å². The SMILES string of the molecule is COc1ccc2[nH]c(-c3cccs3)cc2c1. The van der Waals surface area contributed by atoms with Crippen LogP contribution in [0.5, 0.6) is 5.75 Å². The summed E-state index contributed by atoms with van der Waals surface area (Å²) in [7, 11) is 1.69. The van der Waals surface area contributed by atoms with Crippen molar-refractivity contribution in [2.75, 3.05) is 7.11 Å². The number of thiophene rings is 1. The standard InChI is InChI=1S/C13H11NOS/c1-15-10-4-5-11-9(7-10)8-12(14-11)13-3-2-6-16-13/h2-8,14H,1H3. The molecule has 1 aromatic carbocycles. The summed E-state index contributed by atoms with van der Waals surface area (Å²) in [6.45, 7) is 0. The van der Waals surface area contributed by atoms with Gasteiger partial charge in [0, 0.05) is 10.9 Å².